The molecule has 0 bridgehead atoms. The summed E-state index contributed by atoms with van der Waals surface area (Å²) in [5.41, 5.74) is 0. The molecule has 2 atom stereocenters. The molecule has 3 nitrogen and oxygen atoms in total. The second-order valence-corrected chi connectivity index (χ2v) is 5.00. The fourth-order valence-corrected chi connectivity index (χ4v) is 2.03. The number of carbonyl (C=O) groups is 1. The highest BCUT2D eigenvalue weighted by Gasteiger charge is 2.17. The summed E-state index contributed by atoms with van der Waals surface area (Å²) < 4.78 is 11.3. The summed E-state index contributed by atoms with van der Waals surface area (Å²) in [7, 11) is -1.20. The molecule has 13 heavy (non-hydrogen) atoms. The van der Waals surface area contributed by atoms with E-state index in [-0.39, 0.29) is 0 Å². The van der Waals surface area contributed by atoms with Crippen molar-refractivity contribution in [3.63, 3.8) is 0 Å². The molecule has 0 radical (unpaired) electrons. The van der Waals surface area contributed by atoms with Gasteiger partial charge in [0.05, 0.1) is 0 Å². The van der Waals surface area contributed by atoms with Crippen molar-refractivity contribution < 1.29 is 14.1 Å². The fraction of sp³-hybridized carbons (Fsp3) is 0.889. The molecule has 0 aliphatic heterocycles. The van der Waals surface area contributed by atoms with Crippen molar-refractivity contribution in [1.82, 2.24) is 0 Å². The molecule has 0 amide bonds. The maximum absolute atomic E-state index is 11.3. The summed E-state index contributed by atoms with van der Waals surface area (Å²) in [6.07, 6.45) is 4.20. The van der Waals surface area contributed by atoms with Crippen LogP contribution >= 0.6 is 0 Å². The van der Waals surface area contributed by atoms with Crippen molar-refractivity contribution in [2.75, 3.05) is 5.75 Å². The standard InChI is InChI=1S/C9H18O3S/c1-3-4-5-6-7-13(12)8(2)9(10)11/h8H,3-7H2,1-2H3,(H,10,11). The third kappa shape index (κ3) is 5.80. The number of hydrogen-bond acceptors (Lipinski definition) is 2. The molecule has 0 aliphatic carbocycles. The fourth-order valence-electron chi connectivity index (χ4n) is 0.960. The van der Waals surface area contributed by atoms with E-state index in [0.29, 0.717) is 5.75 Å². The van der Waals surface area contributed by atoms with Crippen molar-refractivity contribution in [1.29, 1.82) is 0 Å². The molecule has 0 aromatic rings. The van der Waals surface area contributed by atoms with Gasteiger partial charge in [0.25, 0.3) is 0 Å². The van der Waals surface area contributed by atoms with Gasteiger partial charge in [-0.2, -0.15) is 0 Å². The Bertz CT molecular complexity index is 180. The molecule has 0 aromatic carbocycles. The van der Waals surface area contributed by atoms with Crippen molar-refractivity contribution in [3.05, 3.63) is 0 Å². The molecule has 0 aromatic heterocycles. The first-order valence-corrected chi connectivity index (χ1v) is 6.07. The van der Waals surface area contributed by atoms with E-state index < -0.39 is 22.0 Å². The molecule has 0 heterocycles. The summed E-state index contributed by atoms with van der Waals surface area (Å²) in [5, 5.41) is 7.84. The smallest absolute Gasteiger partial charge is 0.318 e. The Balaban J connectivity index is 3.56. The van der Waals surface area contributed by atoms with Crippen LogP contribution in [0.1, 0.15) is 39.5 Å². The van der Waals surface area contributed by atoms with Crippen LogP contribution in [0.25, 0.3) is 0 Å². The largest absolute Gasteiger partial charge is 0.480 e. The quantitative estimate of drug-likeness (QED) is 0.646. The van der Waals surface area contributed by atoms with Crippen LogP contribution in [-0.4, -0.2) is 26.3 Å². The molecular formula is C9H18O3S. The van der Waals surface area contributed by atoms with Crippen LogP contribution in [0.5, 0.6) is 0 Å². The van der Waals surface area contributed by atoms with Gasteiger partial charge in [0, 0.05) is 16.6 Å². The summed E-state index contributed by atoms with van der Waals surface area (Å²) in [4.78, 5) is 10.4. The molecule has 0 aliphatic rings. The molecule has 2 unspecified atom stereocenters. The van der Waals surface area contributed by atoms with E-state index in [9.17, 15) is 9.00 Å². The average Bonchev–Trinajstić information content (AvgIpc) is 2.10. The van der Waals surface area contributed by atoms with E-state index in [1.165, 1.54) is 6.92 Å². The van der Waals surface area contributed by atoms with Crippen molar-refractivity contribution in [2.24, 2.45) is 0 Å². The average molecular weight is 206 g/mol. The van der Waals surface area contributed by atoms with Crippen LogP contribution < -0.4 is 0 Å². The van der Waals surface area contributed by atoms with Crippen LogP contribution in [0, 0.1) is 0 Å². The van der Waals surface area contributed by atoms with Crippen LogP contribution in [-0.2, 0) is 15.6 Å². The number of unbranched alkanes of at least 4 members (excludes halogenated alkanes) is 3. The van der Waals surface area contributed by atoms with Crippen molar-refractivity contribution >= 4 is 16.8 Å². The second kappa shape index (κ2) is 7.06. The predicted octanol–water partition coefficient (Wildman–Crippen LogP) is 1.79. The van der Waals surface area contributed by atoms with Crippen molar-refractivity contribution in [2.45, 2.75) is 44.8 Å². The van der Waals surface area contributed by atoms with E-state index in [4.69, 9.17) is 5.11 Å². The molecule has 0 rings (SSSR count). The number of rotatable bonds is 7. The second-order valence-electron chi connectivity index (χ2n) is 3.13. The first-order chi connectivity index (χ1) is 6.09. The van der Waals surface area contributed by atoms with E-state index in [0.717, 1.165) is 25.7 Å². The summed E-state index contributed by atoms with van der Waals surface area (Å²) in [5.74, 6) is -0.443. The predicted molar refractivity (Wildman–Crippen MR) is 54.2 cm³/mol. The van der Waals surface area contributed by atoms with Gasteiger partial charge in [0.2, 0.25) is 0 Å². The Labute approximate surface area is 82.0 Å². The summed E-state index contributed by atoms with van der Waals surface area (Å²) >= 11 is 0. The maximum Gasteiger partial charge on any atom is 0.318 e. The van der Waals surface area contributed by atoms with Crippen LogP contribution in [0.3, 0.4) is 0 Å². The molecule has 0 saturated heterocycles. The zero-order valence-electron chi connectivity index (χ0n) is 8.28. The normalized spacial score (nSPS) is 15.2. The minimum Gasteiger partial charge on any atom is -0.480 e. The minimum absolute atomic E-state index is 0.521. The van der Waals surface area contributed by atoms with Gasteiger partial charge in [-0.15, -0.1) is 0 Å². The minimum atomic E-state index is -1.20. The summed E-state index contributed by atoms with van der Waals surface area (Å²) in [6.45, 7) is 3.61. The van der Waals surface area contributed by atoms with Gasteiger partial charge < -0.3 is 5.11 Å². The maximum atomic E-state index is 11.3. The monoisotopic (exact) mass is 206 g/mol. The molecule has 0 spiro atoms. The third-order valence-corrected chi connectivity index (χ3v) is 3.62. The first kappa shape index (κ1) is 12.6. The lowest BCUT2D eigenvalue weighted by Gasteiger charge is -2.05. The lowest BCUT2D eigenvalue weighted by molar-refractivity contribution is -0.136. The van der Waals surface area contributed by atoms with Gasteiger partial charge in [0.1, 0.15) is 5.25 Å². The SMILES string of the molecule is CCCCCCS(=O)C(C)C(=O)O. The van der Waals surface area contributed by atoms with E-state index in [2.05, 4.69) is 6.92 Å². The topological polar surface area (TPSA) is 54.4 Å². The number of carboxylic acid groups (broad SMARTS) is 1. The zero-order chi connectivity index (χ0) is 10.3. The first-order valence-electron chi connectivity index (χ1n) is 4.69. The molecule has 78 valence electrons. The van der Waals surface area contributed by atoms with Crippen molar-refractivity contribution in [3.8, 4) is 0 Å². The third-order valence-electron chi connectivity index (χ3n) is 1.94. The Morgan fingerprint density at radius 2 is 2.00 bits per heavy atom. The Morgan fingerprint density at radius 3 is 2.46 bits per heavy atom. The van der Waals surface area contributed by atoms with Crippen LogP contribution in [0.2, 0.25) is 0 Å². The lowest BCUT2D eigenvalue weighted by atomic mass is 10.2. The zero-order valence-corrected chi connectivity index (χ0v) is 9.10. The Kier molecular flexibility index (Phi) is 6.86. The van der Waals surface area contributed by atoms with Gasteiger partial charge in [-0.3, -0.25) is 9.00 Å². The summed E-state index contributed by atoms with van der Waals surface area (Å²) in [6, 6.07) is 0. The van der Waals surface area contributed by atoms with Gasteiger partial charge in [-0.05, 0) is 13.3 Å². The lowest BCUT2D eigenvalue weighted by Crippen LogP contribution is -2.23. The van der Waals surface area contributed by atoms with E-state index >= 15 is 0 Å². The molecule has 0 saturated carbocycles. The Hall–Kier alpha value is -0.380. The van der Waals surface area contributed by atoms with E-state index in [1.807, 2.05) is 0 Å². The number of carboxylic acids is 1. The molecule has 1 N–H and O–H groups in total. The molecular weight excluding hydrogens is 188 g/mol. The Morgan fingerprint density at radius 1 is 1.38 bits per heavy atom. The number of aliphatic carboxylic acids is 1. The van der Waals surface area contributed by atoms with Crippen LogP contribution in [0.4, 0.5) is 0 Å². The van der Waals surface area contributed by atoms with E-state index in [1.54, 1.807) is 0 Å². The van der Waals surface area contributed by atoms with Crippen LogP contribution in [0.15, 0.2) is 0 Å². The number of hydrogen-bond donors (Lipinski definition) is 1. The van der Waals surface area contributed by atoms with Gasteiger partial charge in [-0.25, -0.2) is 0 Å². The van der Waals surface area contributed by atoms with Gasteiger partial charge in [-0.1, -0.05) is 26.2 Å². The highest BCUT2D eigenvalue weighted by molar-refractivity contribution is 7.86. The molecule has 0 fully saturated rings. The highest BCUT2D eigenvalue weighted by atomic mass is 32.2. The van der Waals surface area contributed by atoms with Gasteiger partial charge >= 0.3 is 5.97 Å². The highest BCUT2D eigenvalue weighted by Crippen LogP contribution is 2.03. The van der Waals surface area contributed by atoms with Gasteiger partial charge in [0.15, 0.2) is 0 Å². The molecule has 4 heteroatoms.